The molecule has 5 nitrogen and oxygen atoms in total. The van der Waals surface area contributed by atoms with Crippen LogP contribution in [0.2, 0.25) is 0 Å². The summed E-state index contributed by atoms with van der Waals surface area (Å²) in [5, 5.41) is 0. The van der Waals surface area contributed by atoms with Gasteiger partial charge in [0.1, 0.15) is 5.82 Å². The minimum atomic E-state index is -3.24. The summed E-state index contributed by atoms with van der Waals surface area (Å²) in [5.74, 6) is 1.43. The van der Waals surface area contributed by atoms with Gasteiger partial charge in [-0.3, -0.25) is 0 Å². The fourth-order valence-electron chi connectivity index (χ4n) is 3.19. The van der Waals surface area contributed by atoms with Crippen molar-refractivity contribution in [2.24, 2.45) is 5.92 Å². The Hall–Kier alpha value is -1.66. The number of sulfonamides is 1. The van der Waals surface area contributed by atoms with Crippen LogP contribution >= 0.6 is 0 Å². The molecule has 2 aromatic rings. The standard InChI is InChI=1S/C17H23N3O2S/c1-14-10-18-15(2)20(14)12-17-8-9-19(11-17)23(21,22)13-16-6-4-3-5-7-16/h3-7,10,17H,8-9,11-13H2,1-2H3. The van der Waals surface area contributed by atoms with E-state index in [-0.39, 0.29) is 5.75 Å². The highest BCUT2D eigenvalue weighted by atomic mass is 32.2. The molecule has 1 unspecified atom stereocenters. The van der Waals surface area contributed by atoms with Gasteiger partial charge in [-0.05, 0) is 31.7 Å². The lowest BCUT2D eigenvalue weighted by atomic mass is 10.1. The quantitative estimate of drug-likeness (QED) is 0.844. The summed E-state index contributed by atoms with van der Waals surface area (Å²) in [4.78, 5) is 4.31. The lowest BCUT2D eigenvalue weighted by Gasteiger charge is -2.17. The van der Waals surface area contributed by atoms with Crippen molar-refractivity contribution in [1.82, 2.24) is 13.9 Å². The van der Waals surface area contributed by atoms with E-state index < -0.39 is 10.0 Å². The molecule has 6 heteroatoms. The number of rotatable bonds is 5. The lowest BCUT2D eigenvalue weighted by Crippen LogP contribution is -2.30. The minimum absolute atomic E-state index is 0.0870. The summed E-state index contributed by atoms with van der Waals surface area (Å²) in [5.41, 5.74) is 1.98. The van der Waals surface area contributed by atoms with Crippen LogP contribution in [-0.4, -0.2) is 35.4 Å². The van der Waals surface area contributed by atoms with Crippen LogP contribution in [0.1, 0.15) is 23.5 Å². The molecule has 0 spiro atoms. The molecule has 2 heterocycles. The Labute approximate surface area is 138 Å². The van der Waals surface area contributed by atoms with Gasteiger partial charge in [0, 0.05) is 31.5 Å². The summed E-state index contributed by atoms with van der Waals surface area (Å²) < 4.78 is 29.0. The normalized spacial score (nSPS) is 19.3. The largest absolute Gasteiger partial charge is 0.332 e. The van der Waals surface area contributed by atoms with Crippen molar-refractivity contribution in [3.63, 3.8) is 0 Å². The molecular formula is C17H23N3O2S. The Morgan fingerprint density at radius 1 is 1.22 bits per heavy atom. The average molecular weight is 333 g/mol. The molecule has 3 rings (SSSR count). The summed E-state index contributed by atoms with van der Waals surface area (Å²) >= 11 is 0. The summed E-state index contributed by atoms with van der Waals surface area (Å²) in [6, 6.07) is 9.38. The predicted molar refractivity (Wildman–Crippen MR) is 90.4 cm³/mol. The Kier molecular flexibility index (Phi) is 4.55. The molecule has 0 bridgehead atoms. The zero-order valence-corrected chi connectivity index (χ0v) is 14.5. The number of hydrogen-bond acceptors (Lipinski definition) is 3. The number of hydrogen-bond donors (Lipinski definition) is 0. The molecule has 0 aliphatic carbocycles. The smallest absolute Gasteiger partial charge is 0.218 e. The van der Waals surface area contributed by atoms with E-state index in [1.54, 1.807) is 4.31 Å². The molecule has 1 atom stereocenters. The minimum Gasteiger partial charge on any atom is -0.332 e. The van der Waals surface area contributed by atoms with E-state index in [9.17, 15) is 8.42 Å². The van der Waals surface area contributed by atoms with Crippen molar-refractivity contribution >= 4 is 10.0 Å². The third-order valence-corrected chi connectivity index (χ3v) is 6.35. The van der Waals surface area contributed by atoms with E-state index in [0.29, 0.717) is 19.0 Å². The molecule has 0 saturated carbocycles. The Balaban J connectivity index is 1.65. The maximum absolute atomic E-state index is 12.6. The second-order valence-electron chi connectivity index (χ2n) is 6.31. The topological polar surface area (TPSA) is 55.2 Å². The first-order valence-corrected chi connectivity index (χ1v) is 9.57. The number of benzene rings is 1. The highest BCUT2D eigenvalue weighted by Crippen LogP contribution is 2.24. The number of nitrogens with zero attached hydrogens (tertiary/aromatic N) is 3. The zero-order valence-electron chi connectivity index (χ0n) is 13.6. The summed E-state index contributed by atoms with van der Waals surface area (Å²) in [6.07, 6.45) is 2.78. The first kappa shape index (κ1) is 16.2. The van der Waals surface area contributed by atoms with Gasteiger partial charge in [-0.15, -0.1) is 0 Å². The van der Waals surface area contributed by atoms with Gasteiger partial charge in [0.15, 0.2) is 0 Å². The Bertz CT molecular complexity index is 749. The molecule has 0 radical (unpaired) electrons. The summed E-state index contributed by atoms with van der Waals surface area (Å²) in [6.45, 7) is 6.10. The van der Waals surface area contributed by atoms with E-state index in [0.717, 1.165) is 30.0 Å². The second kappa shape index (κ2) is 6.45. The van der Waals surface area contributed by atoms with Gasteiger partial charge in [0.2, 0.25) is 10.0 Å². The van der Waals surface area contributed by atoms with Gasteiger partial charge in [-0.2, -0.15) is 0 Å². The van der Waals surface area contributed by atoms with Crippen LogP contribution in [0.15, 0.2) is 36.5 Å². The van der Waals surface area contributed by atoms with Gasteiger partial charge < -0.3 is 4.57 Å². The first-order chi connectivity index (χ1) is 11.0. The van der Waals surface area contributed by atoms with Gasteiger partial charge >= 0.3 is 0 Å². The van der Waals surface area contributed by atoms with Crippen molar-refractivity contribution in [3.05, 3.63) is 53.6 Å². The second-order valence-corrected chi connectivity index (χ2v) is 8.28. The molecule has 1 saturated heterocycles. The van der Waals surface area contributed by atoms with Gasteiger partial charge in [-0.1, -0.05) is 30.3 Å². The molecule has 1 aromatic heterocycles. The summed E-state index contributed by atoms with van der Waals surface area (Å²) in [7, 11) is -3.24. The van der Waals surface area contributed by atoms with Crippen molar-refractivity contribution in [1.29, 1.82) is 0 Å². The fraction of sp³-hybridized carbons (Fsp3) is 0.471. The molecular weight excluding hydrogens is 310 g/mol. The molecule has 0 amide bonds. The molecule has 1 fully saturated rings. The SMILES string of the molecule is Cc1cnc(C)n1CC1CCN(S(=O)(=O)Cc2ccccc2)C1. The Morgan fingerprint density at radius 2 is 1.96 bits per heavy atom. The van der Waals surface area contributed by atoms with Crippen LogP contribution in [0.3, 0.4) is 0 Å². The van der Waals surface area contributed by atoms with Crippen LogP contribution in [0.25, 0.3) is 0 Å². The van der Waals surface area contributed by atoms with E-state index in [1.807, 2.05) is 50.4 Å². The van der Waals surface area contributed by atoms with Crippen LogP contribution in [0.4, 0.5) is 0 Å². The molecule has 1 aromatic carbocycles. The molecule has 23 heavy (non-hydrogen) atoms. The maximum Gasteiger partial charge on any atom is 0.218 e. The third kappa shape index (κ3) is 3.64. The number of imidazole rings is 1. The number of aromatic nitrogens is 2. The molecule has 0 N–H and O–H groups in total. The predicted octanol–water partition coefficient (Wildman–Crippen LogP) is 2.35. The van der Waals surface area contributed by atoms with Crippen molar-refractivity contribution in [2.75, 3.05) is 13.1 Å². The number of aryl methyl sites for hydroxylation is 2. The van der Waals surface area contributed by atoms with E-state index in [1.165, 1.54) is 0 Å². The van der Waals surface area contributed by atoms with E-state index >= 15 is 0 Å². The monoisotopic (exact) mass is 333 g/mol. The van der Waals surface area contributed by atoms with Gasteiger partial charge in [0.25, 0.3) is 0 Å². The average Bonchev–Trinajstić information content (AvgIpc) is 3.11. The first-order valence-electron chi connectivity index (χ1n) is 7.96. The van der Waals surface area contributed by atoms with E-state index in [4.69, 9.17) is 0 Å². The third-order valence-electron chi connectivity index (χ3n) is 4.53. The fourth-order valence-corrected chi connectivity index (χ4v) is 4.81. The van der Waals surface area contributed by atoms with Crippen molar-refractivity contribution in [2.45, 2.75) is 32.6 Å². The molecule has 124 valence electrons. The van der Waals surface area contributed by atoms with Crippen LogP contribution < -0.4 is 0 Å². The zero-order chi connectivity index (χ0) is 16.4. The van der Waals surface area contributed by atoms with Crippen molar-refractivity contribution in [3.8, 4) is 0 Å². The highest BCUT2D eigenvalue weighted by Gasteiger charge is 2.31. The highest BCUT2D eigenvalue weighted by molar-refractivity contribution is 7.88. The van der Waals surface area contributed by atoms with Crippen molar-refractivity contribution < 1.29 is 8.42 Å². The van der Waals surface area contributed by atoms with E-state index in [2.05, 4.69) is 9.55 Å². The van der Waals surface area contributed by atoms with Crippen LogP contribution in [0.5, 0.6) is 0 Å². The van der Waals surface area contributed by atoms with Crippen LogP contribution in [0, 0.1) is 19.8 Å². The van der Waals surface area contributed by atoms with Gasteiger partial charge in [-0.25, -0.2) is 17.7 Å². The molecule has 1 aliphatic heterocycles. The lowest BCUT2D eigenvalue weighted by molar-refractivity contribution is 0.423. The Morgan fingerprint density at radius 3 is 2.61 bits per heavy atom. The maximum atomic E-state index is 12.6. The molecule has 1 aliphatic rings. The van der Waals surface area contributed by atoms with Crippen LogP contribution in [-0.2, 0) is 22.3 Å². The van der Waals surface area contributed by atoms with Gasteiger partial charge in [0.05, 0.1) is 5.75 Å².